The summed E-state index contributed by atoms with van der Waals surface area (Å²) < 4.78 is 61.5. The summed E-state index contributed by atoms with van der Waals surface area (Å²) in [4.78, 5) is 59.0. The zero-order valence-corrected chi connectivity index (χ0v) is 73.9. The van der Waals surface area contributed by atoms with Gasteiger partial charge in [0.15, 0.2) is 6.10 Å². The largest absolute Gasteiger partial charge is 0.472 e. The molecule has 0 aliphatic heterocycles. The van der Waals surface area contributed by atoms with Crippen LogP contribution in [0.3, 0.4) is 0 Å². The summed E-state index contributed by atoms with van der Waals surface area (Å²) in [5.74, 6) is -1.60. The zero-order valence-electron chi connectivity index (χ0n) is 72.1. The summed E-state index contributed by atoms with van der Waals surface area (Å²) in [5, 5.41) is 20.7. The number of hydrogen-bond donors (Lipinski definition) is 4. The molecule has 16 nitrogen and oxygen atoms in total. The fourth-order valence-electron chi connectivity index (χ4n) is 11.8. The first-order valence-corrected chi connectivity index (χ1v) is 48.1. The average Bonchev–Trinajstić information content (AvgIpc) is 0.900. The Hall–Kier alpha value is -5.35. The molecular formula is C97H162O16P2. The van der Waals surface area contributed by atoms with Crippen LogP contribution in [-0.4, -0.2) is 95.9 Å². The number of phosphoric acid groups is 2. The molecule has 0 bridgehead atoms. The van der Waals surface area contributed by atoms with Gasteiger partial charge in [0.05, 0.1) is 26.4 Å². The van der Waals surface area contributed by atoms with Gasteiger partial charge in [0.2, 0.25) is 0 Å². The van der Waals surface area contributed by atoms with Crippen LogP contribution in [0.25, 0.3) is 0 Å². The van der Waals surface area contributed by atoms with Crippen molar-refractivity contribution >= 4 is 33.6 Å². The van der Waals surface area contributed by atoms with E-state index in [9.17, 15) is 43.5 Å². The number of carbonyl (C=O) groups excluding carboxylic acids is 3. The first kappa shape index (κ1) is 110. The van der Waals surface area contributed by atoms with Crippen LogP contribution in [0.15, 0.2) is 182 Å². The Morgan fingerprint density at radius 3 is 0.730 bits per heavy atom. The summed E-state index contributed by atoms with van der Waals surface area (Å²) in [6, 6.07) is 0. The van der Waals surface area contributed by atoms with E-state index >= 15 is 0 Å². The van der Waals surface area contributed by atoms with Crippen LogP contribution in [0.5, 0.6) is 0 Å². The Morgan fingerprint density at radius 2 is 0.461 bits per heavy atom. The summed E-state index contributed by atoms with van der Waals surface area (Å²) in [6.07, 6.45) is 115. The number of hydrogen-bond acceptors (Lipinski definition) is 14. The third kappa shape index (κ3) is 89.3. The molecule has 0 amide bonds. The fraction of sp³-hybridized carbons (Fsp3) is 0.660. The van der Waals surface area contributed by atoms with Gasteiger partial charge in [-0.25, -0.2) is 9.13 Å². The molecular weight excluding hydrogens is 1480 g/mol. The molecule has 115 heavy (non-hydrogen) atoms. The van der Waals surface area contributed by atoms with Crippen molar-refractivity contribution in [3.05, 3.63) is 182 Å². The number of aliphatic hydroxyl groups excluding tert-OH is 2. The lowest BCUT2D eigenvalue weighted by Gasteiger charge is -2.21. The molecule has 0 fully saturated rings. The maximum absolute atomic E-state index is 13.1. The third-order valence-corrected chi connectivity index (χ3v) is 20.5. The van der Waals surface area contributed by atoms with Crippen molar-refractivity contribution in [3.8, 4) is 0 Å². The highest BCUT2D eigenvalue weighted by molar-refractivity contribution is 7.47. The predicted octanol–water partition coefficient (Wildman–Crippen LogP) is 27.7. The molecule has 0 rings (SSSR count). The van der Waals surface area contributed by atoms with E-state index in [-0.39, 0.29) is 19.3 Å². The average molecular weight is 1650 g/mol. The Kier molecular flexibility index (Phi) is 83.9. The molecule has 0 spiro atoms. The molecule has 18 heteroatoms. The number of unbranched alkanes of at least 4 members (excludes halogenated alkanes) is 31. The highest BCUT2D eigenvalue weighted by atomic mass is 31.2. The molecule has 0 aromatic heterocycles. The van der Waals surface area contributed by atoms with E-state index in [1.807, 2.05) is 0 Å². The number of carbonyl (C=O) groups is 3. The van der Waals surface area contributed by atoms with Crippen LogP contribution in [0.2, 0.25) is 0 Å². The first-order valence-electron chi connectivity index (χ1n) is 45.1. The van der Waals surface area contributed by atoms with Crippen LogP contribution in [0.1, 0.15) is 355 Å². The molecule has 0 aliphatic carbocycles. The van der Waals surface area contributed by atoms with E-state index in [4.69, 9.17) is 32.3 Å². The minimum Gasteiger partial charge on any atom is -0.463 e. The van der Waals surface area contributed by atoms with Crippen LogP contribution < -0.4 is 0 Å². The Labute approximate surface area is 700 Å². The minimum atomic E-state index is -4.95. The van der Waals surface area contributed by atoms with Crippen molar-refractivity contribution in [2.75, 3.05) is 39.6 Å². The molecule has 4 N–H and O–H groups in total. The van der Waals surface area contributed by atoms with E-state index < -0.39 is 91.5 Å². The maximum Gasteiger partial charge on any atom is 0.472 e. The highest BCUT2D eigenvalue weighted by Crippen LogP contribution is 2.45. The van der Waals surface area contributed by atoms with Crippen molar-refractivity contribution in [2.24, 2.45) is 0 Å². The smallest absolute Gasteiger partial charge is 0.463 e. The molecule has 5 atom stereocenters. The summed E-state index contributed by atoms with van der Waals surface area (Å²) in [6.45, 7) is 2.43. The predicted molar refractivity (Wildman–Crippen MR) is 481 cm³/mol. The quantitative estimate of drug-likeness (QED) is 0.0146. The number of ether oxygens (including phenoxy) is 3. The lowest BCUT2D eigenvalue weighted by molar-refractivity contribution is -0.161. The maximum atomic E-state index is 13.1. The lowest BCUT2D eigenvalue weighted by atomic mass is 10.0. The monoisotopic (exact) mass is 1650 g/mol. The summed E-state index contributed by atoms with van der Waals surface area (Å²) in [7, 11) is -9.82. The van der Waals surface area contributed by atoms with Gasteiger partial charge in [0.25, 0.3) is 0 Å². The van der Waals surface area contributed by atoms with Crippen molar-refractivity contribution < 1.29 is 75.8 Å². The van der Waals surface area contributed by atoms with E-state index in [2.05, 4.69) is 203 Å². The van der Waals surface area contributed by atoms with E-state index in [1.165, 1.54) is 89.9 Å². The van der Waals surface area contributed by atoms with E-state index in [1.54, 1.807) is 0 Å². The number of allylic oxidation sites excluding steroid dienone is 30. The third-order valence-electron chi connectivity index (χ3n) is 18.6. The molecule has 0 aromatic carbocycles. The number of rotatable bonds is 84. The van der Waals surface area contributed by atoms with Gasteiger partial charge in [-0.2, -0.15) is 0 Å². The number of phosphoric ester groups is 2. The fourth-order valence-corrected chi connectivity index (χ4v) is 13.4. The lowest BCUT2D eigenvalue weighted by Crippen LogP contribution is -2.30. The Balaban J connectivity index is 4.67. The first-order chi connectivity index (χ1) is 56.2. The van der Waals surface area contributed by atoms with Gasteiger partial charge in [0, 0.05) is 19.3 Å². The van der Waals surface area contributed by atoms with Gasteiger partial charge in [-0.05, 0) is 161 Å². The topological polar surface area (TPSA) is 231 Å². The zero-order chi connectivity index (χ0) is 83.6. The Bertz CT molecular complexity index is 2820. The minimum absolute atomic E-state index is 0.0829. The van der Waals surface area contributed by atoms with Crippen molar-refractivity contribution in [1.29, 1.82) is 0 Å². The van der Waals surface area contributed by atoms with Crippen molar-refractivity contribution in [1.82, 2.24) is 0 Å². The van der Waals surface area contributed by atoms with Gasteiger partial charge < -0.3 is 34.2 Å². The van der Waals surface area contributed by atoms with Crippen LogP contribution in [-0.2, 0) is 55.8 Å². The van der Waals surface area contributed by atoms with Crippen LogP contribution in [0, 0.1) is 0 Å². The Morgan fingerprint density at radius 1 is 0.252 bits per heavy atom. The second kappa shape index (κ2) is 87.9. The van der Waals surface area contributed by atoms with Crippen LogP contribution >= 0.6 is 15.6 Å². The van der Waals surface area contributed by atoms with Gasteiger partial charge in [-0.1, -0.05) is 357 Å². The van der Waals surface area contributed by atoms with Crippen molar-refractivity contribution in [3.63, 3.8) is 0 Å². The highest BCUT2D eigenvalue weighted by Gasteiger charge is 2.29. The van der Waals surface area contributed by atoms with Crippen molar-refractivity contribution in [2.45, 2.75) is 373 Å². The molecule has 0 heterocycles. The molecule has 0 aliphatic rings. The van der Waals surface area contributed by atoms with Crippen LogP contribution in [0.4, 0.5) is 0 Å². The van der Waals surface area contributed by atoms with E-state index in [0.717, 1.165) is 205 Å². The molecule has 0 radical (unpaired) electrons. The van der Waals surface area contributed by atoms with Gasteiger partial charge >= 0.3 is 33.6 Å². The van der Waals surface area contributed by atoms with Gasteiger partial charge in [-0.15, -0.1) is 0 Å². The molecule has 0 saturated carbocycles. The standard InChI is InChI=1S/C97H162O16P2/c1-4-7-10-13-16-19-22-25-28-31-34-37-40-42-44-45-47-49-51-53-56-59-62-65-68-71-74-77-80-83-95(100)107-86-92(98)87-109-114(103,104)110-88-93(99)89-111-115(105,106)112-91-94(113-97(102)85-82-79-76-73-70-67-64-61-58-55-50-39-36-33-30-27-24-21-18-15-12-9-6-3)90-108-96(101)84-81-78-75-72-69-66-63-60-57-54-52-48-46-43-41-38-35-32-29-26-23-20-17-14-11-8-5-2/h8-9,11-12,16-21,25-30,34-39,42-44,46,52,54-55,58,92-94,98-99H,4-7,10,13-15,22-24,31-33,40-41,45,47-51,53,56-57,59-91H2,1-3H3,(H,103,104)(H,105,106)/b11-8-,12-9-,19-16-,20-17-,21-18-,28-25-,29-26-,30-27-,37-34-,38-35-,39-36-,44-42-,46-43-,54-52-,58-55-. The molecule has 0 saturated heterocycles. The second-order valence-corrected chi connectivity index (χ2v) is 32.5. The second-order valence-electron chi connectivity index (χ2n) is 29.6. The van der Waals surface area contributed by atoms with Gasteiger partial charge in [0.1, 0.15) is 25.4 Å². The molecule has 5 unspecified atom stereocenters. The normalized spacial score (nSPS) is 14.7. The summed E-state index contributed by atoms with van der Waals surface area (Å²) >= 11 is 0. The number of aliphatic hydroxyl groups is 2. The summed E-state index contributed by atoms with van der Waals surface area (Å²) in [5.41, 5.74) is 0. The SMILES string of the molecule is CC/C=C\C/C=C\C/C=C\C/C=C\C/C=C\C/C=C\CCCCCCCCCCC(=O)OCC(COP(=O)(O)OCC(O)COP(=O)(O)OCC(O)COC(=O)CCCCCCCCCCCCCCC/C=C\C/C=C\C/C=C\C/C=C\CCCCC)OC(=O)CCCCCCCCC/C=C\C/C=C\C/C=C\C/C=C\C/C=C\CC. The molecule has 0 aromatic rings. The van der Waals surface area contributed by atoms with E-state index in [0.29, 0.717) is 19.3 Å². The molecule has 656 valence electrons. The number of esters is 3. The van der Waals surface area contributed by atoms with Gasteiger partial charge in [-0.3, -0.25) is 32.5 Å².